The summed E-state index contributed by atoms with van der Waals surface area (Å²) < 4.78 is 0. The highest BCUT2D eigenvalue weighted by Gasteiger charge is 2.48. The summed E-state index contributed by atoms with van der Waals surface area (Å²) in [5, 5.41) is 3.58. The van der Waals surface area contributed by atoms with Crippen LogP contribution < -0.4 is 11.1 Å². The molecule has 3 atom stereocenters. The average Bonchev–Trinajstić information content (AvgIpc) is 3.09. The fourth-order valence-electron chi connectivity index (χ4n) is 3.64. The molecule has 0 heterocycles. The lowest BCUT2D eigenvalue weighted by atomic mass is 9.64. The van der Waals surface area contributed by atoms with Gasteiger partial charge in [-0.25, -0.2) is 0 Å². The number of hydrogen-bond acceptors (Lipinski definition) is 2. The Bertz CT molecular complexity index is 312. The van der Waals surface area contributed by atoms with Crippen LogP contribution in [-0.4, -0.2) is 18.0 Å². The molecule has 0 aromatic heterocycles. The van der Waals surface area contributed by atoms with Crippen LogP contribution in [-0.2, 0) is 4.79 Å². The van der Waals surface area contributed by atoms with Crippen LogP contribution in [0.4, 0.5) is 0 Å². The second-order valence-corrected chi connectivity index (χ2v) is 6.90. The molecule has 1 amide bonds. The minimum absolute atomic E-state index is 0.131. The van der Waals surface area contributed by atoms with Crippen molar-refractivity contribution in [1.82, 2.24) is 5.32 Å². The van der Waals surface area contributed by atoms with Crippen molar-refractivity contribution in [3.05, 3.63) is 0 Å². The molecule has 0 aromatic carbocycles. The maximum absolute atomic E-state index is 12.1. The van der Waals surface area contributed by atoms with Gasteiger partial charge >= 0.3 is 0 Å². The average molecular weight is 252 g/mol. The van der Waals surface area contributed by atoms with Crippen molar-refractivity contribution < 1.29 is 4.79 Å². The molecule has 2 aliphatic rings. The van der Waals surface area contributed by atoms with E-state index in [1.165, 1.54) is 19.3 Å². The molecule has 2 saturated carbocycles. The Hall–Kier alpha value is -0.570. The number of rotatable bonds is 5. The van der Waals surface area contributed by atoms with Gasteiger partial charge in [-0.2, -0.15) is 0 Å². The highest BCUT2D eigenvalue weighted by Crippen LogP contribution is 2.41. The van der Waals surface area contributed by atoms with Crippen molar-refractivity contribution in [2.45, 2.75) is 58.4 Å². The Kier molecular flexibility index (Phi) is 4.00. The van der Waals surface area contributed by atoms with E-state index >= 15 is 0 Å². The van der Waals surface area contributed by atoms with Crippen LogP contribution >= 0.6 is 0 Å². The van der Waals surface area contributed by atoms with Gasteiger partial charge in [-0.3, -0.25) is 4.79 Å². The van der Waals surface area contributed by atoms with Crippen molar-refractivity contribution in [3.63, 3.8) is 0 Å². The fraction of sp³-hybridized carbons (Fsp3) is 0.933. The first-order valence-electron chi connectivity index (χ1n) is 7.50. The topological polar surface area (TPSA) is 55.1 Å². The zero-order chi connectivity index (χ0) is 13.3. The maximum atomic E-state index is 12.1. The molecule has 18 heavy (non-hydrogen) atoms. The van der Waals surface area contributed by atoms with E-state index in [9.17, 15) is 4.79 Å². The molecule has 0 radical (unpaired) electrons. The Morgan fingerprint density at radius 3 is 2.50 bits per heavy atom. The van der Waals surface area contributed by atoms with Crippen LogP contribution in [0.2, 0.25) is 0 Å². The van der Waals surface area contributed by atoms with Gasteiger partial charge in [0.2, 0.25) is 5.91 Å². The van der Waals surface area contributed by atoms with Crippen molar-refractivity contribution in [2.24, 2.45) is 29.4 Å². The van der Waals surface area contributed by atoms with Crippen molar-refractivity contribution in [1.29, 1.82) is 0 Å². The predicted octanol–water partition coefficient (Wildman–Crippen LogP) is 2.30. The minimum atomic E-state index is -0.450. The predicted molar refractivity (Wildman–Crippen MR) is 74.0 cm³/mol. The number of primary amides is 1. The summed E-state index contributed by atoms with van der Waals surface area (Å²) in [4.78, 5) is 12.1. The molecule has 104 valence electrons. The number of nitrogens with two attached hydrogens (primary N) is 1. The van der Waals surface area contributed by atoms with Gasteiger partial charge in [0.25, 0.3) is 0 Å². The third-order valence-electron chi connectivity index (χ3n) is 4.92. The van der Waals surface area contributed by atoms with Gasteiger partial charge in [0.05, 0.1) is 0 Å². The second kappa shape index (κ2) is 5.20. The van der Waals surface area contributed by atoms with Gasteiger partial charge in [0.1, 0.15) is 5.54 Å². The molecule has 0 aromatic rings. The molecule has 0 spiro atoms. The molecule has 3 nitrogen and oxygen atoms in total. The van der Waals surface area contributed by atoms with Gasteiger partial charge in [0, 0.05) is 0 Å². The van der Waals surface area contributed by atoms with Crippen LogP contribution in [0.15, 0.2) is 0 Å². The maximum Gasteiger partial charge on any atom is 0.238 e. The molecule has 3 N–H and O–H groups in total. The number of carbonyl (C=O) groups is 1. The monoisotopic (exact) mass is 252 g/mol. The molecule has 3 unspecified atom stereocenters. The summed E-state index contributed by atoms with van der Waals surface area (Å²) >= 11 is 0. The molecule has 0 saturated heterocycles. The Morgan fingerprint density at radius 1 is 1.33 bits per heavy atom. The van der Waals surface area contributed by atoms with E-state index in [1.54, 1.807) is 0 Å². The molecule has 0 aliphatic heterocycles. The van der Waals surface area contributed by atoms with Crippen molar-refractivity contribution in [2.75, 3.05) is 6.54 Å². The molecule has 2 rings (SSSR count). The van der Waals surface area contributed by atoms with Gasteiger partial charge < -0.3 is 11.1 Å². The summed E-state index contributed by atoms with van der Waals surface area (Å²) in [7, 11) is 0. The summed E-state index contributed by atoms with van der Waals surface area (Å²) in [6.07, 6.45) is 5.88. The summed E-state index contributed by atoms with van der Waals surface area (Å²) in [6.45, 7) is 7.65. The highest BCUT2D eigenvalue weighted by atomic mass is 16.1. The van der Waals surface area contributed by atoms with Crippen LogP contribution in [0.5, 0.6) is 0 Å². The second-order valence-electron chi connectivity index (χ2n) is 6.90. The van der Waals surface area contributed by atoms with E-state index in [0.717, 1.165) is 25.3 Å². The van der Waals surface area contributed by atoms with E-state index < -0.39 is 5.54 Å². The Labute approximate surface area is 111 Å². The van der Waals surface area contributed by atoms with E-state index in [-0.39, 0.29) is 5.91 Å². The molecule has 3 heteroatoms. The summed E-state index contributed by atoms with van der Waals surface area (Å²) in [5.74, 6) is 2.15. The number of nitrogens with one attached hydrogen (secondary N) is 1. The summed E-state index contributed by atoms with van der Waals surface area (Å²) in [6, 6.07) is 0. The normalized spacial score (nSPS) is 36.9. The van der Waals surface area contributed by atoms with Gasteiger partial charge in [0.15, 0.2) is 0 Å². The van der Waals surface area contributed by atoms with Crippen LogP contribution in [0.25, 0.3) is 0 Å². The highest BCUT2D eigenvalue weighted by molar-refractivity contribution is 5.85. The molecular weight excluding hydrogens is 224 g/mol. The van der Waals surface area contributed by atoms with Gasteiger partial charge in [-0.05, 0) is 55.9 Å². The SMILES string of the molecule is CC1CCC(C(C)C)C(NCC2CC2)(C(N)=O)C1. The molecule has 0 bridgehead atoms. The summed E-state index contributed by atoms with van der Waals surface area (Å²) in [5.41, 5.74) is 5.35. The minimum Gasteiger partial charge on any atom is -0.368 e. The Morgan fingerprint density at radius 2 is 2.00 bits per heavy atom. The molecule has 2 fully saturated rings. The zero-order valence-electron chi connectivity index (χ0n) is 12.0. The standard InChI is InChI=1S/C15H28N2O/c1-10(2)13-7-4-11(3)8-15(13,14(16)18)17-9-12-5-6-12/h10-13,17H,4-9H2,1-3H3,(H2,16,18). The molecular formula is C15H28N2O. The van der Waals surface area contributed by atoms with Gasteiger partial charge in [-0.1, -0.05) is 27.2 Å². The smallest absolute Gasteiger partial charge is 0.238 e. The van der Waals surface area contributed by atoms with E-state index in [0.29, 0.717) is 17.8 Å². The number of amides is 1. The van der Waals surface area contributed by atoms with Gasteiger partial charge in [-0.15, -0.1) is 0 Å². The van der Waals surface area contributed by atoms with Crippen LogP contribution in [0.1, 0.15) is 52.9 Å². The fourth-order valence-corrected chi connectivity index (χ4v) is 3.64. The molecule has 2 aliphatic carbocycles. The van der Waals surface area contributed by atoms with Crippen molar-refractivity contribution in [3.8, 4) is 0 Å². The van der Waals surface area contributed by atoms with E-state index in [2.05, 4.69) is 26.1 Å². The van der Waals surface area contributed by atoms with Crippen LogP contribution in [0, 0.1) is 23.7 Å². The lowest BCUT2D eigenvalue weighted by Gasteiger charge is -2.47. The number of carbonyl (C=O) groups excluding carboxylic acids is 1. The lowest BCUT2D eigenvalue weighted by molar-refractivity contribution is -0.130. The first-order chi connectivity index (χ1) is 8.45. The zero-order valence-corrected chi connectivity index (χ0v) is 12.0. The third-order valence-corrected chi connectivity index (χ3v) is 4.92. The number of hydrogen-bond donors (Lipinski definition) is 2. The largest absolute Gasteiger partial charge is 0.368 e. The van der Waals surface area contributed by atoms with Crippen LogP contribution in [0.3, 0.4) is 0 Å². The Balaban J connectivity index is 2.16. The van der Waals surface area contributed by atoms with Crippen molar-refractivity contribution >= 4 is 5.91 Å². The van der Waals surface area contributed by atoms with E-state index in [4.69, 9.17) is 5.73 Å². The quantitative estimate of drug-likeness (QED) is 0.789. The third kappa shape index (κ3) is 2.71. The lowest BCUT2D eigenvalue weighted by Crippen LogP contribution is -2.64. The first-order valence-corrected chi connectivity index (χ1v) is 7.50. The van der Waals surface area contributed by atoms with E-state index in [1.807, 2.05) is 0 Å². The first kappa shape index (κ1) is 13.9.